The van der Waals surface area contributed by atoms with E-state index in [1.807, 2.05) is 22.6 Å². The molecule has 0 fully saturated rings. The monoisotopic (exact) mass is 355 g/mol. The van der Waals surface area contributed by atoms with Gasteiger partial charge in [0.2, 0.25) is 5.96 Å². The predicted octanol–water partition coefficient (Wildman–Crippen LogP) is 1.30. The van der Waals surface area contributed by atoms with Crippen LogP contribution >= 0.6 is 34.2 Å². The number of benzene rings is 1. The lowest BCUT2D eigenvalue weighted by Crippen LogP contribution is -2.26. The Morgan fingerprint density at radius 1 is 1.31 bits per heavy atom. The van der Waals surface area contributed by atoms with Crippen molar-refractivity contribution in [2.45, 2.75) is 0 Å². The van der Waals surface area contributed by atoms with Crippen molar-refractivity contribution in [3.63, 3.8) is 0 Å². The molecule has 0 aliphatic carbocycles. The molecular weight excluding hydrogens is 347 g/mol. The molecule has 8 heteroatoms. The van der Waals surface area contributed by atoms with Crippen molar-refractivity contribution in [3.8, 4) is 0 Å². The minimum absolute atomic E-state index is 0.0244. The summed E-state index contributed by atoms with van der Waals surface area (Å²) in [6.45, 7) is 0. The van der Waals surface area contributed by atoms with Crippen molar-refractivity contribution in [3.05, 3.63) is 26.5 Å². The highest BCUT2D eigenvalue weighted by Gasteiger charge is 2.06. The Morgan fingerprint density at radius 3 is 2.50 bits per heavy atom. The van der Waals surface area contributed by atoms with E-state index in [0.717, 1.165) is 6.07 Å². The van der Waals surface area contributed by atoms with Gasteiger partial charge in [-0.1, -0.05) is 11.6 Å². The number of hydrogen-bond donors (Lipinski definition) is 3. The normalized spacial score (nSPS) is 11.3. The van der Waals surface area contributed by atoms with Crippen LogP contribution in [0.4, 0.5) is 10.1 Å². The molecule has 0 atom stereocenters. The fourth-order valence-electron chi connectivity index (χ4n) is 0.878. The van der Waals surface area contributed by atoms with Crippen molar-refractivity contribution in [1.82, 2.24) is 0 Å². The lowest BCUT2D eigenvalue weighted by molar-refractivity contribution is 0.629. The predicted molar refractivity (Wildman–Crippen MR) is 71.2 cm³/mol. The van der Waals surface area contributed by atoms with Gasteiger partial charge in [-0.15, -0.1) is 0 Å². The highest BCUT2D eigenvalue weighted by atomic mass is 127. The third-order valence-electron chi connectivity index (χ3n) is 1.47. The van der Waals surface area contributed by atoms with Gasteiger partial charge in [0.05, 0.1) is 5.02 Å². The van der Waals surface area contributed by atoms with E-state index in [1.54, 1.807) is 0 Å². The Morgan fingerprint density at radius 2 is 1.94 bits per heavy atom. The number of halogens is 3. The summed E-state index contributed by atoms with van der Waals surface area (Å²) in [6.07, 6.45) is 0. The fraction of sp³-hybridized carbons (Fsp3) is 0. The summed E-state index contributed by atoms with van der Waals surface area (Å²) >= 11 is 7.66. The van der Waals surface area contributed by atoms with Gasteiger partial charge in [-0.3, -0.25) is 0 Å². The van der Waals surface area contributed by atoms with Crippen LogP contribution in [0.1, 0.15) is 0 Å². The van der Waals surface area contributed by atoms with Crippen LogP contribution in [0.15, 0.2) is 22.1 Å². The van der Waals surface area contributed by atoms with Crippen LogP contribution in [-0.4, -0.2) is 11.9 Å². The molecule has 0 radical (unpaired) electrons. The Hall–Kier alpha value is -1.09. The molecule has 1 rings (SSSR count). The standard InChI is InChI=1S/C8H8ClFIN5/c9-3-1-4(10)6(2-5(3)11)15-8(14)16-7(12)13/h1-2H,(H6,12,13,14,15,16). The molecule has 0 saturated carbocycles. The van der Waals surface area contributed by atoms with Crippen LogP contribution in [0.3, 0.4) is 0 Å². The smallest absolute Gasteiger partial charge is 0.223 e. The van der Waals surface area contributed by atoms with Crippen LogP contribution in [0.5, 0.6) is 0 Å². The van der Waals surface area contributed by atoms with Gasteiger partial charge in [-0.25, -0.2) is 9.38 Å². The number of nitrogens with zero attached hydrogens (tertiary/aromatic N) is 2. The summed E-state index contributed by atoms with van der Waals surface area (Å²) in [5.41, 5.74) is 15.6. The number of aliphatic imine (C=N–C) groups is 2. The lowest BCUT2D eigenvalue weighted by Gasteiger charge is -2.01. The zero-order chi connectivity index (χ0) is 12.3. The van der Waals surface area contributed by atoms with Crippen molar-refractivity contribution >= 4 is 51.8 Å². The van der Waals surface area contributed by atoms with Gasteiger partial charge in [0.1, 0.15) is 5.69 Å². The molecule has 0 amide bonds. The average Bonchev–Trinajstić information content (AvgIpc) is 2.12. The molecule has 6 N–H and O–H groups in total. The minimum atomic E-state index is -0.598. The van der Waals surface area contributed by atoms with Crippen LogP contribution in [0.25, 0.3) is 0 Å². The van der Waals surface area contributed by atoms with Crippen molar-refractivity contribution in [2.75, 3.05) is 0 Å². The maximum atomic E-state index is 13.4. The van der Waals surface area contributed by atoms with Gasteiger partial charge in [0, 0.05) is 3.57 Å². The van der Waals surface area contributed by atoms with E-state index < -0.39 is 5.82 Å². The van der Waals surface area contributed by atoms with Crippen LogP contribution in [-0.2, 0) is 0 Å². The fourth-order valence-corrected chi connectivity index (χ4v) is 1.48. The van der Waals surface area contributed by atoms with E-state index in [4.69, 9.17) is 28.8 Å². The molecule has 16 heavy (non-hydrogen) atoms. The average molecular weight is 356 g/mol. The third-order valence-corrected chi connectivity index (χ3v) is 2.99. The molecule has 0 aliphatic rings. The van der Waals surface area contributed by atoms with E-state index in [9.17, 15) is 4.39 Å². The molecule has 0 unspecified atom stereocenters. The Balaban J connectivity index is 3.15. The molecule has 0 spiro atoms. The summed E-state index contributed by atoms with van der Waals surface area (Å²) in [4.78, 5) is 7.17. The minimum Gasteiger partial charge on any atom is -0.370 e. The molecule has 1 aromatic carbocycles. The van der Waals surface area contributed by atoms with E-state index >= 15 is 0 Å². The first-order valence-corrected chi connectivity index (χ1v) is 5.44. The highest BCUT2D eigenvalue weighted by molar-refractivity contribution is 14.1. The summed E-state index contributed by atoms with van der Waals surface area (Å²) in [5.74, 6) is -1.07. The van der Waals surface area contributed by atoms with Crippen molar-refractivity contribution < 1.29 is 4.39 Å². The molecular formula is C8H8ClFIN5. The maximum absolute atomic E-state index is 13.4. The molecule has 86 valence electrons. The van der Waals surface area contributed by atoms with E-state index in [-0.39, 0.29) is 17.6 Å². The van der Waals surface area contributed by atoms with Gasteiger partial charge in [0.25, 0.3) is 0 Å². The molecule has 0 aliphatic heterocycles. The first-order chi connectivity index (χ1) is 7.40. The summed E-state index contributed by atoms with van der Waals surface area (Å²) in [6, 6.07) is 2.58. The van der Waals surface area contributed by atoms with Gasteiger partial charge < -0.3 is 17.2 Å². The molecule has 0 bridgehead atoms. The second-order valence-corrected chi connectivity index (χ2v) is 4.29. The number of rotatable bonds is 1. The number of hydrogen-bond acceptors (Lipinski definition) is 1. The summed E-state index contributed by atoms with van der Waals surface area (Å²) < 4.78 is 14.0. The Bertz CT molecular complexity index is 470. The SMILES string of the molecule is NC(N)=NC(N)=Nc1cc(I)c(Cl)cc1F. The number of nitrogens with two attached hydrogens (primary N) is 3. The zero-order valence-electron chi connectivity index (χ0n) is 7.92. The van der Waals surface area contributed by atoms with Gasteiger partial charge in [-0.05, 0) is 34.7 Å². The molecule has 1 aromatic rings. The third kappa shape index (κ3) is 3.49. The molecule has 5 nitrogen and oxygen atoms in total. The Labute approximate surface area is 110 Å². The van der Waals surface area contributed by atoms with Crippen LogP contribution < -0.4 is 17.2 Å². The van der Waals surface area contributed by atoms with Crippen LogP contribution in [0, 0.1) is 9.39 Å². The Kier molecular flexibility index (Phi) is 4.30. The molecule has 0 saturated heterocycles. The summed E-state index contributed by atoms with van der Waals surface area (Å²) in [7, 11) is 0. The lowest BCUT2D eigenvalue weighted by atomic mass is 10.3. The topological polar surface area (TPSA) is 103 Å². The zero-order valence-corrected chi connectivity index (χ0v) is 10.8. The van der Waals surface area contributed by atoms with Crippen molar-refractivity contribution in [1.29, 1.82) is 0 Å². The van der Waals surface area contributed by atoms with Gasteiger partial charge in [0.15, 0.2) is 11.8 Å². The van der Waals surface area contributed by atoms with E-state index in [0.29, 0.717) is 8.59 Å². The van der Waals surface area contributed by atoms with Crippen LogP contribution in [0.2, 0.25) is 5.02 Å². The number of guanidine groups is 2. The summed E-state index contributed by atoms with van der Waals surface area (Å²) in [5, 5.41) is 0.303. The maximum Gasteiger partial charge on any atom is 0.223 e. The molecule has 0 aromatic heterocycles. The van der Waals surface area contributed by atoms with Gasteiger partial charge >= 0.3 is 0 Å². The highest BCUT2D eigenvalue weighted by Crippen LogP contribution is 2.27. The van der Waals surface area contributed by atoms with Gasteiger partial charge in [-0.2, -0.15) is 4.99 Å². The first kappa shape index (κ1) is 13.0. The van der Waals surface area contributed by atoms with E-state index in [1.165, 1.54) is 6.07 Å². The largest absolute Gasteiger partial charge is 0.370 e. The second kappa shape index (κ2) is 5.30. The first-order valence-electron chi connectivity index (χ1n) is 3.98. The quantitative estimate of drug-likeness (QED) is 0.306. The molecule has 0 heterocycles. The second-order valence-electron chi connectivity index (χ2n) is 2.72. The van der Waals surface area contributed by atoms with E-state index in [2.05, 4.69) is 9.98 Å². The van der Waals surface area contributed by atoms with Crippen molar-refractivity contribution in [2.24, 2.45) is 27.2 Å².